The van der Waals surface area contributed by atoms with E-state index in [0.29, 0.717) is 22.6 Å². The number of aromatic nitrogens is 1. The molecule has 1 aromatic carbocycles. The van der Waals surface area contributed by atoms with Crippen LogP contribution in [0.1, 0.15) is 62.0 Å². The highest BCUT2D eigenvalue weighted by atomic mass is 19.1. The summed E-state index contributed by atoms with van der Waals surface area (Å²) >= 11 is 0. The maximum Gasteiger partial charge on any atom is 0.267 e. The Kier molecular flexibility index (Phi) is 6.56. The molecule has 0 bridgehead atoms. The molecule has 32 heavy (non-hydrogen) atoms. The number of fused-ring (bicyclic) bond motifs is 1. The number of hydrogen-bond donors (Lipinski definition) is 2. The number of carbonyl (C=O) groups is 2. The van der Waals surface area contributed by atoms with E-state index in [2.05, 4.69) is 15.2 Å². The van der Waals surface area contributed by atoms with Gasteiger partial charge >= 0.3 is 0 Å². The van der Waals surface area contributed by atoms with Crippen LogP contribution in [0, 0.1) is 18.7 Å². The summed E-state index contributed by atoms with van der Waals surface area (Å²) in [7, 11) is 1.92. The highest BCUT2D eigenvalue weighted by Crippen LogP contribution is 2.28. The van der Waals surface area contributed by atoms with Crippen molar-refractivity contribution >= 4 is 22.7 Å². The number of likely N-dealkylation sites (N-methyl/N-ethyl adjacent to an activating group) is 1. The number of halogens is 1. The molecule has 1 aliphatic heterocycles. The predicted molar refractivity (Wildman–Crippen MR) is 124 cm³/mol. The van der Waals surface area contributed by atoms with Crippen molar-refractivity contribution in [3.05, 3.63) is 35.3 Å². The zero-order valence-electron chi connectivity index (χ0n) is 19.6. The minimum absolute atomic E-state index is 0.0187. The SMILES string of the molecule is Cc1ccc(F)c2cc(C(=O)N[C@@H]3CCC[C@H](N4CCC(N(C)C(=O)C(C)C)C4)C3)[nH]c12. The molecule has 2 N–H and O–H groups in total. The van der Waals surface area contributed by atoms with Crippen LogP contribution in [0.25, 0.3) is 10.9 Å². The summed E-state index contributed by atoms with van der Waals surface area (Å²) in [5, 5.41) is 3.63. The van der Waals surface area contributed by atoms with Crippen molar-refractivity contribution < 1.29 is 14.0 Å². The highest BCUT2D eigenvalue weighted by molar-refractivity contribution is 5.99. The molecule has 1 aliphatic carbocycles. The Hall–Kier alpha value is -2.41. The van der Waals surface area contributed by atoms with E-state index in [9.17, 15) is 14.0 Å². The number of aryl methyl sites for hydroxylation is 1. The Morgan fingerprint density at radius 3 is 2.75 bits per heavy atom. The number of nitrogens with one attached hydrogen (secondary N) is 2. The Balaban J connectivity index is 1.36. The van der Waals surface area contributed by atoms with Crippen LogP contribution >= 0.6 is 0 Å². The molecule has 2 aliphatic rings. The molecule has 174 valence electrons. The average molecular weight is 443 g/mol. The first-order valence-corrected chi connectivity index (χ1v) is 11.8. The van der Waals surface area contributed by atoms with E-state index in [0.717, 1.165) is 50.8 Å². The zero-order chi connectivity index (χ0) is 23.0. The molecule has 1 aromatic heterocycles. The van der Waals surface area contributed by atoms with Gasteiger partial charge in [-0.3, -0.25) is 14.5 Å². The van der Waals surface area contributed by atoms with Crippen molar-refractivity contribution in [1.82, 2.24) is 20.1 Å². The summed E-state index contributed by atoms with van der Waals surface area (Å²) in [5.41, 5.74) is 2.01. The quantitative estimate of drug-likeness (QED) is 0.739. The highest BCUT2D eigenvalue weighted by Gasteiger charge is 2.35. The second-order valence-corrected chi connectivity index (χ2v) is 9.87. The molecule has 2 amide bonds. The molecule has 0 radical (unpaired) electrons. The second-order valence-electron chi connectivity index (χ2n) is 9.87. The second kappa shape index (κ2) is 9.22. The molecule has 0 spiro atoms. The van der Waals surface area contributed by atoms with Crippen molar-refractivity contribution in [2.24, 2.45) is 5.92 Å². The van der Waals surface area contributed by atoms with E-state index in [1.807, 2.05) is 32.7 Å². The van der Waals surface area contributed by atoms with Gasteiger partial charge in [0.1, 0.15) is 11.5 Å². The van der Waals surface area contributed by atoms with Crippen LogP contribution < -0.4 is 5.32 Å². The Bertz CT molecular complexity index is 962. The molecule has 7 heteroatoms. The molecule has 2 heterocycles. The van der Waals surface area contributed by atoms with E-state index in [-0.39, 0.29) is 35.6 Å². The number of H-pyrrole nitrogens is 1. The van der Waals surface area contributed by atoms with E-state index in [1.165, 1.54) is 6.07 Å². The number of hydrogen-bond acceptors (Lipinski definition) is 3. The number of rotatable bonds is 5. The number of amides is 2. The van der Waals surface area contributed by atoms with Crippen LogP contribution in [0.2, 0.25) is 0 Å². The lowest BCUT2D eigenvalue weighted by molar-refractivity contribution is -0.135. The third-order valence-electron chi connectivity index (χ3n) is 7.28. The lowest BCUT2D eigenvalue weighted by atomic mass is 9.90. The smallest absolute Gasteiger partial charge is 0.267 e. The number of likely N-dealkylation sites (tertiary alicyclic amines) is 1. The van der Waals surface area contributed by atoms with E-state index in [1.54, 1.807) is 12.1 Å². The third kappa shape index (κ3) is 4.53. The fourth-order valence-electron chi connectivity index (χ4n) is 5.34. The maximum absolute atomic E-state index is 14.1. The first-order valence-electron chi connectivity index (χ1n) is 11.8. The van der Waals surface area contributed by atoms with Gasteiger partial charge in [-0.1, -0.05) is 19.9 Å². The molecule has 2 aromatic rings. The lowest BCUT2D eigenvalue weighted by Gasteiger charge is -2.36. The molecule has 6 nitrogen and oxygen atoms in total. The predicted octanol–water partition coefficient (Wildman–Crippen LogP) is 3.85. The van der Waals surface area contributed by atoms with Crippen molar-refractivity contribution in [2.45, 2.75) is 71.0 Å². The van der Waals surface area contributed by atoms with E-state index in [4.69, 9.17) is 0 Å². The van der Waals surface area contributed by atoms with Gasteiger partial charge in [-0.15, -0.1) is 0 Å². The van der Waals surface area contributed by atoms with Crippen LogP contribution in [-0.4, -0.2) is 64.9 Å². The van der Waals surface area contributed by atoms with Gasteiger partial charge < -0.3 is 15.2 Å². The summed E-state index contributed by atoms with van der Waals surface area (Å²) in [6, 6.07) is 5.56. The number of aromatic amines is 1. The monoisotopic (exact) mass is 442 g/mol. The Morgan fingerprint density at radius 2 is 2.03 bits per heavy atom. The molecule has 4 rings (SSSR count). The van der Waals surface area contributed by atoms with Crippen LogP contribution in [-0.2, 0) is 4.79 Å². The summed E-state index contributed by atoms with van der Waals surface area (Å²) in [5.74, 6) is -0.267. The Labute approximate surface area is 189 Å². The van der Waals surface area contributed by atoms with Gasteiger partial charge in [0, 0.05) is 49.6 Å². The first-order chi connectivity index (χ1) is 15.2. The fourth-order valence-corrected chi connectivity index (χ4v) is 5.34. The fraction of sp³-hybridized carbons (Fsp3) is 0.600. The van der Waals surface area contributed by atoms with Gasteiger partial charge in [0.25, 0.3) is 5.91 Å². The largest absolute Gasteiger partial charge is 0.350 e. The standard InChI is InChI=1S/C25H35FN4O2/c1-15(2)25(32)29(4)19-10-11-30(14-19)18-7-5-6-17(12-18)27-24(31)22-13-20-21(26)9-8-16(3)23(20)28-22/h8-9,13,15,17-19,28H,5-7,10-12,14H2,1-4H3,(H,27,31)/t17-,18+,19?/m1/s1. The van der Waals surface area contributed by atoms with Gasteiger partial charge in [0.2, 0.25) is 5.91 Å². The summed E-state index contributed by atoms with van der Waals surface area (Å²) in [6.07, 6.45) is 5.06. The minimum atomic E-state index is -0.317. The van der Waals surface area contributed by atoms with Gasteiger partial charge in [-0.25, -0.2) is 4.39 Å². The number of nitrogens with zero attached hydrogens (tertiary/aromatic N) is 2. The number of benzene rings is 1. The van der Waals surface area contributed by atoms with Crippen LogP contribution in [0.5, 0.6) is 0 Å². The van der Waals surface area contributed by atoms with E-state index >= 15 is 0 Å². The van der Waals surface area contributed by atoms with Crippen LogP contribution in [0.15, 0.2) is 18.2 Å². The minimum Gasteiger partial charge on any atom is -0.350 e. The van der Waals surface area contributed by atoms with Gasteiger partial charge in [0.15, 0.2) is 0 Å². The Morgan fingerprint density at radius 1 is 1.25 bits per heavy atom. The molecular formula is C25H35FN4O2. The van der Waals surface area contributed by atoms with E-state index < -0.39 is 0 Å². The van der Waals surface area contributed by atoms with Crippen molar-refractivity contribution in [1.29, 1.82) is 0 Å². The van der Waals surface area contributed by atoms with Gasteiger partial charge in [-0.2, -0.15) is 0 Å². The summed E-state index contributed by atoms with van der Waals surface area (Å²) < 4.78 is 14.1. The van der Waals surface area contributed by atoms with Crippen molar-refractivity contribution in [3.8, 4) is 0 Å². The van der Waals surface area contributed by atoms with Crippen LogP contribution in [0.4, 0.5) is 4.39 Å². The van der Waals surface area contributed by atoms with Crippen LogP contribution in [0.3, 0.4) is 0 Å². The van der Waals surface area contributed by atoms with Crippen molar-refractivity contribution in [3.63, 3.8) is 0 Å². The number of carbonyl (C=O) groups excluding carboxylic acids is 2. The summed E-state index contributed by atoms with van der Waals surface area (Å²) in [6.45, 7) is 7.69. The molecule has 1 saturated carbocycles. The normalized spacial score (nSPS) is 24.2. The molecule has 2 fully saturated rings. The van der Waals surface area contributed by atoms with Gasteiger partial charge in [-0.05, 0) is 56.7 Å². The van der Waals surface area contributed by atoms with Crippen molar-refractivity contribution in [2.75, 3.05) is 20.1 Å². The maximum atomic E-state index is 14.1. The molecular weight excluding hydrogens is 407 g/mol. The van der Waals surface area contributed by atoms with Gasteiger partial charge in [0.05, 0.1) is 5.52 Å². The summed E-state index contributed by atoms with van der Waals surface area (Å²) in [4.78, 5) is 32.8. The third-order valence-corrected chi connectivity index (χ3v) is 7.28. The zero-order valence-corrected chi connectivity index (χ0v) is 19.6. The molecule has 1 unspecified atom stereocenters. The first kappa shape index (κ1) is 22.8. The average Bonchev–Trinajstić information content (AvgIpc) is 3.44. The topological polar surface area (TPSA) is 68.4 Å². The lowest BCUT2D eigenvalue weighted by Crippen LogP contribution is -2.47. The molecule has 3 atom stereocenters. The molecule has 1 saturated heterocycles.